The summed E-state index contributed by atoms with van der Waals surface area (Å²) < 4.78 is 0. The van der Waals surface area contributed by atoms with E-state index in [9.17, 15) is 0 Å². The summed E-state index contributed by atoms with van der Waals surface area (Å²) in [6.45, 7) is 6.09. The van der Waals surface area contributed by atoms with E-state index in [1.165, 1.54) is 0 Å². The van der Waals surface area contributed by atoms with Crippen LogP contribution in [0.25, 0.3) is 0 Å². The fourth-order valence-electron chi connectivity index (χ4n) is 1.91. The molecule has 0 radical (unpaired) electrons. The van der Waals surface area contributed by atoms with E-state index in [0.717, 1.165) is 25.1 Å². The summed E-state index contributed by atoms with van der Waals surface area (Å²) in [5.74, 6) is 0.119. The highest BCUT2D eigenvalue weighted by molar-refractivity contribution is 5.97. The van der Waals surface area contributed by atoms with E-state index in [4.69, 9.17) is 16.0 Å². The molecule has 0 atom stereocenters. The van der Waals surface area contributed by atoms with Crippen molar-refractivity contribution in [2.24, 2.45) is 10.9 Å². The minimum absolute atomic E-state index is 0.119. The standard InChI is InChI=1S/C14H23N3O2/c1-11(2)17(7-4-8-18)10-12-5-3-6-13(9-12)14(15)16-19/h3,5-6,9,11,18-19H,4,7-8,10H2,1-2H3,(H2,15,16). The Morgan fingerprint density at radius 1 is 1.42 bits per heavy atom. The molecule has 5 nitrogen and oxygen atoms in total. The number of oxime groups is 1. The van der Waals surface area contributed by atoms with Crippen LogP contribution in [0.5, 0.6) is 0 Å². The smallest absolute Gasteiger partial charge is 0.170 e. The first-order valence-corrected chi connectivity index (χ1v) is 6.50. The molecule has 5 heteroatoms. The molecule has 0 aromatic heterocycles. The van der Waals surface area contributed by atoms with Gasteiger partial charge in [-0.2, -0.15) is 0 Å². The molecule has 0 amide bonds. The maximum Gasteiger partial charge on any atom is 0.170 e. The van der Waals surface area contributed by atoms with Gasteiger partial charge in [0.1, 0.15) is 0 Å². The first-order chi connectivity index (χ1) is 9.08. The van der Waals surface area contributed by atoms with Crippen LogP contribution in [0.1, 0.15) is 31.4 Å². The van der Waals surface area contributed by atoms with Crippen molar-refractivity contribution in [3.63, 3.8) is 0 Å². The van der Waals surface area contributed by atoms with Gasteiger partial charge in [0.25, 0.3) is 0 Å². The number of nitrogens with zero attached hydrogens (tertiary/aromatic N) is 2. The third-order valence-electron chi connectivity index (χ3n) is 3.05. The van der Waals surface area contributed by atoms with Gasteiger partial charge < -0.3 is 16.0 Å². The molecular formula is C14H23N3O2. The highest BCUT2D eigenvalue weighted by Crippen LogP contribution is 2.11. The Hall–Kier alpha value is -1.59. The number of hydrogen-bond donors (Lipinski definition) is 3. The van der Waals surface area contributed by atoms with Crippen LogP contribution in [0.3, 0.4) is 0 Å². The lowest BCUT2D eigenvalue weighted by Gasteiger charge is -2.26. The summed E-state index contributed by atoms with van der Waals surface area (Å²) in [6.07, 6.45) is 0.762. The van der Waals surface area contributed by atoms with E-state index in [0.29, 0.717) is 11.6 Å². The molecule has 0 saturated carbocycles. The van der Waals surface area contributed by atoms with Gasteiger partial charge in [-0.3, -0.25) is 4.90 Å². The number of benzene rings is 1. The van der Waals surface area contributed by atoms with Crippen LogP contribution in [0.4, 0.5) is 0 Å². The lowest BCUT2D eigenvalue weighted by Crippen LogP contribution is -2.31. The molecule has 0 aliphatic heterocycles. The van der Waals surface area contributed by atoms with Gasteiger partial charge in [-0.05, 0) is 31.9 Å². The second-order valence-corrected chi connectivity index (χ2v) is 4.83. The molecule has 0 saturated heterocycles. The van der Waals surface area contributed by atoms with E-state index in [1.807, 2.05) is 24.3 Å². The number of rotatable bonds is 7. The van der Waals surface area contributed by atoms with Crippen molar-refractivity contribution in [1.82, 2.24) is 4.90 Å². The summed E-state index contributed by atoms with van der Waals surface area (Å²) >= 11 is 0. The first-order valence-electron chi connectivity index (χ1n) is 6.50. The molecule has 0 aliphatic rings. The predicted octanol–water partition coefficient (Wildman–Crippen LogP) is 1.37. The molecule has 106 valence electrons. The van der Waals surface area contributed by atoms with Gasteiger partial charge in [-0.15, -0.1) is 0 Å². The van der Waals surface area contributed by atoms with Crippen LogP contribution in [-0.4, -0.2) is 40.2 Å². The summed E-state index contributed by atoms with van der Waals surface area (Å²) in [5.41, 5.74) is 7.41. The molecule has 0 bridgehead atoms. The van der Waals surface area contributed by atoms with Crippen molar-refractivity contribution in [2.75, 3.05) is 13.2 Å². The van der Waals surface area contributed by atoms with E-state index in [1.54, 1.807) is 0 Å². The van der Waals surface area contributed by atoms with E-state index in [2.05, 4.69) is 23.9 Å². The molecule has 1 aromatic carbocycles. The maximum absolute atomic E-state index is 8.93. The van der Waals surface area contributed by atoms with Gasteiger partial charge in [-0.1, -0.05) is 23.4 Å². The molecule has 0 aliphatic carbocycles. The Kier molecular flexibility index (Phi) is 6.32. The summed E-state index contributed by atoms with van der Waals surface area (Å²) in [6, 6.07) is 8.05. The summed E-state index contributed by atoms with van der Waals surface area (Å²) in [4.78, 5) is 2.28. The normalized spacial score (nSPS) is 12.4. The topological polar surface area (TPSA) is 82.1 Å². The number of nitrogens with two attached hydrogens (primary N) is 1. The minimum atomic E-state index is 0.119. The quantitative estimate of drug-likeness (QED) is 0.301. The summed E-state index contributed by atoms with van der Waals surface area (Å²) in [5, 5.41) is 20.6. The van der Waals surface area contributed by atoms with E-state index in [-0.39, 0.29) is 12.4 Å². The zero-order chi connectivity index (χ0) is 14.3. The number of aliphatic hydroxyl groups is 1. The van der Waals surface area contributed by atoms with Crippen molar-refractivity contribution in [3.8, 4) is 0 Å². The van der Waals surface area contributed by atoms with Crippen LogP contribution in [0, 0.1) is 0 Å². The Morgan fingerprint density at radius 2 is 2.16 bits per heavy atom. The molecule has 0 spiro atoms. The Bertz CT molecular complexity index is 419. The van der Waals surface area contributed by atoms with Crippen LogP contribution in [0.15, 0.2) is 29.4 Å². The van der Waals surface area contributed by atoms with Crippen LogP contribution >= 0.6 is 0 Å². The second-order valence-electron chi connectivity index (χ2n) is 4.83. The van der Waals surface area contributed by atoms with Crippen molar-refractivity contribution < 1.29 is 10.3 Å². The Labute approximate surface area is 114 Å². The van der Waals surface area contributed by atoms with Gasteiger partial charge in [0.05, 0.1) is 0 Å². The molecule has 1 aromatic rings. The monoisotopic (exact) mass is 265 g/mol. The van der Waals surface area contributed by atoms with Gasteiger partial charge >= 0.3 is 0 Å². The SMILES string of the molecule is CC(C)N(CCCO)Cc1cccc(C(N)=NO)c1. The fourth-order valence-corrected chi connectivity index (χ4v) is 1.91. The van der Waals surface area contributed by atoms with Crippen molar-refractivity contribution >= 4 is 5.84 Å². The highest BCUT2D eigenvalue weighted by atomic mass is 16.4. The van der Waals surface area contributed by atoms with E-state index >= 15 is 0 Å². The van der Waals surface area contributed by atoms with Crippen LogP contribution in [-0.2, 0) is 6.54 Å². The van der Waals surface area contributed by atoms with Crippen molar-refractivity contribution in [2.45, 2.75) is 32.9 Å². The van der Waals surface area contributed by atoms with Crippen molar-refractivity contribution in [1.29, 1.82) is 0 Å². The largest absolute Gasteiger partial charge is 0.409 e. The third-order valence-corrected chi connectivity index (χ3v) is 3.05. The first kappa shape index (κ1) is 15.5. The average Bonchev–Trinajstić information content (AvgIpc) is 2.42. The highest BCUT2D eigenvalue weighted by Gasteiger charge is 2.10. The maximum atomic E-state index is 8.93. The number of aliphatic hydroxyl groups excluding tert-OH is 1. The minimum Gasteiger partial charge on any atom is -0.409 e. The number of amidine groups is 1. The lowest BCUT2D eigenvalue weighted by atomic mass is 10.1. The molecule has 0 fully saturated rings. The predicted molar refractivity (Wildman–Crippen MR) is 76.2 cm³/mol. The second kappa shape index (κ2) is 7.76. The third kappa shape index (κ3) is 4.89. The van der Waals surface area contributed by atoms with Crippen LogP contribution < -0.4 is 5.73 Å². The molecule has 19 heavy (non-hydrogen) atoms. The number of hydrogen-bond acceptors (Lipinski definition) is 4. The zero-order valence-corrected chi connectivity index (χ0v) is 11.6. The molecule has 4 N–H and O–H groups in total. The molecule has 1 rings (SSSR count). The Balaban J connectivity index is 2.79. The molecule has 0 unspecified atom stereocenters. The fraction of sp³-hybridized carbons (Fsp3) is 0.500. The van der Waals surface area contributed by atoms with Gasteiger partial charge in [0.2, 0.25) is 0 Å². The van der Waals surface area contributed by atoms with Gasteiger partial charge in [0.15, 0.2) is 5.84 Å². The Morgan fingerprint density at radius 3 is 2.74 bits per heavy atom. The summed E-state index contributed by atoms with van der Waals surface area (Å²) in [7, 11) is 0. The van der Waals surface area contributed by atoms with Gasteiger partial charge in [0, 0.05) is 31.3 Å². The average molecular weight is 265 g/mol. The lowest BCUT2D eigenvalue weighted by molar-refractivity contribution is 0.185. The van der Waals surface area contributed by atoms with E-state index < -0.39 is 0 Å². The zero-order valence-electron chi connectivity index (χ0n) is 11.6. The van der Waals surface area contributed by atoms with Gasteiger partial charge in [-0.25, -0.2) is 0 Å². The molecular weight excluding hydrogens is 242 g/mol. The van der Waals surface area contributed by atoms with Crippen molar-refractivity contribution in [3.05, 3.63) is 35.4 Å². The van der Waals surface area contributed by atoms with Crippen LogP contribution in [0.2, 0.25) is 0 Å². The molecule has 0 heterocycles.